The lowest BCUT2D eigenvalue weighted by Gasteiger charge is -2.10. The maximum atomic E-state index is 11.3. The minimum atomic E-state index is -1.01. The van der Waals surface area contributed by atoms with E-state index in [1.165, 1.54) is 6.07 Å². The van der Waals surface area contributed by atoms with Crippen molar-refractivity contribution in [2.75, 3.05) is 6.61 Å². The first-order chi connectivity index (χ1) is 10.2. The van der Waals surface area contributed by atoms with Crippen LogP contribution in [0, 0.1) is 11.3 Å². The molecule has 2 rings (SSSR count). The molecule has 0 aliphatic rings. The number of rotatable bonds is 5. The van der Waals surface area contributed by atoms with Crippen LogP contribution in [0.3, 0.4) is 0 Å². The van der Waals surface area contributed by atoms with Crippen molar-refractivity contribution in [3.05, 3.63) is 66.2 Å². The van der Waals surface area contributed by atoms with Gasteiger partial charge >= 0.3 is 5.97 Å². The summed E-state index contributed by atoms with van der Waals surface area (Å²) in [6, 6.07) is 13.6. The molecule has 0 radical (unpaired) electrons. The first kappa shape index (κ1) is 14.4. The second-order valence-corrected chi connectivity index (χ2v) is 4.30. The van der Waals surface area contributed by atoms with E-state index in [0.717, 1.165) is 5.56 Å². The molecule has 0 heterocycles. The highest BCUT2D eigenvalue weighted by molar-refractivity contribution is 5.96. The summed E-state index contributed by atoms with van der Waals surface area (Å²) in [5.41, 5.74) is 1.98. The number of nitrogens with zero attached hydrogens (tertiary/aromatic N) is 1. The van der Waals surface area contributed by atoms with Gasteiger partial charge in [-0.3, -0.25) is 0 Å². The van der Waals surface area contributed by atoms with Gasteiger partial charge in [0.2, 0.25) is 0 Å². The maximum Gasteiger partial charge on any atom is 0.336 e. The summed E-state index contributed by atoms with van der Waals surface area (Å²) >= 11 is 0. The molecule has 0 bridgehead atoms. The third-order valence-electron chi connectivity index (χ3n) is 2.91. The molecule has 0 amide bonds. The lowest BCUT2D eigenvalue weighted by atomic mass is 9.98. The van der Waals surface area contributed by atoms with Crippen molar-refractivity contribution in [2.24, 2.45) is 0 Å². The molecule has 0 aliphatic heterocycles. The molecule has 0 aliphatic carbocycles. The van der Waals surface area contributed by atoms with E-state index < -0.39 is 5.97 Å². The molecule has 0 spiro atoms. The van der Waals surface area contributed by atoms with Crippen LogP contribution in [0.15, 0.2) is 55.1 Å². The summed E-state index contributed by atoms with van der Waals surface area (Å²) in [5, 5.41) is 18.1. The molecule has 1 N–H and O–H groups in total. The third kappa shape index (κ3) is 3.28. The fourth-order valence-corrected chi connectivity index (χ4v) is 1.92. The van der Waals surface area contributed by atoms with Crippen molar-refractivity contribution in [1.82, 2.24) is 0 Å². The van der Waals surface area contributed by atoms with Gasteiger partial charge in [-0.1, -0.05) is 24.8 Å². The zero-order chi connectivity index (χ0) is 15.2. The molecule has 0 aromatic heterocycles. The summed E-state index contributed by atoms with van der Waals surface area (Å²) in [6.45, 7) is 3.92. The van der Waals surface area contributed by atoms with Crippen LogP contribution in [0.2, 0.25) is 0 Å². The van der Waals surface area contributed by atoms with Crippen molar-refractivity contribution in [2.45, 2.75) is 0 Å². The molecule has 0 unspecified atom stereocenters. The second kappa shape index (κ2) is 6.40. The van der Waals surface area contributed by atoms with Crippen LogP contribution in [-0.2, 0) is 0 Å². The second-order valence-electron chi connectivity index (χ2n) is 4.30. The van der Waals surface area contributed by atoms with E-state index in [-0.39, 0.29) is 5.56 Å². The van der Waals surface area contributed by atoms with Gasteiger partial charge in [0.25, 0.3) is 0 Å². The van der Waals surface area contributed by atoms with Gasteiger partial charge in [0.15, 0.2) is 0 Å². The van der Waals surface area contributed by atoms with Crippen LogP contribution in [-0.4, -0.2) is 17.7 Å². The first-order valence-corrected chi connectivity index (χ1v) is 6.27. The van der Waals surface area contributed by atoms with Gasteiger partial charge in [-0.2, -0.15) is 5.26 Å². The lowest BCUT2D eigenvalue weighted by Crippen LogP contribution is -2.01. The molecule has 0 atom stereocenters. The Balaban J connectivity index is 2.49. The van der Waals surface area contributed by atoms with Crippen LogP contribution in [0.25, 0.3) is 11.1 Å². The van der Waals surface area contributed by atoms with Gasteiger partial charge in [-0.05, 0) is 41.5 Å². The Bertz CT molecular complexity index is 712. The first-order valence-electron chi connectivity index (χ1n) is 6.27. The molecule has 0 saturated carbocycles. The Labute approximate surface area is 122 Å². The summed E-state index contributed by atoms with van der Waals surface area (Å²) < 4.78 is 5.43. The van der Waals surface area contributed by atoms with E-state index >= 15 is 0 Å². The van der Waals surface area contributed by atoms with Crippen molar-refractivity contribution >= 4 is 5.97 Å². The minimum Gasteiger partial charge on any atom is -0.490 e. The molecule has 4 nitrogen and oxygen atoms in total. The van der Waals surface area contributed by atoms with Crippen LogP contribution < -0.4 is 4.74 Å². The maximum absolute atomic E-state index is 11.3. The summed E-state index contributed by atoms with van der Waals surface area (Å²) in [6.07, 6.45) is 1.62. The fourth-order valence-electron chi connectivity index (χ4n) is 1.92. The van der Waals surface area contributed by atoms with E-state index in [1.807, 2.05) is 6.07 Å². The molecule has 4 heteroatoms. The number of benzene rings is 2. The van der Waals surface area contributed by atoms with E-state index in [2.05, 4.69) is 6.58 Å². The smallest absolute Gasteiger partial charge is 0.336 e. The quantitative estimate of drug-likeness (QED) is 0.850. The number of carboxylic acid groups (broad SMARTS) is 1. The molecular formula is C17H13NO3. The molecule has 21 heavy (non-hydrogen) atoms. The average Bonchev–Trinajstić information content (AvgIpc) is 2.52. The van der Waals surface area contributed by atoms with Gasteiger partial charge in [0.05, 0.1) is 17.2 Å². The van der Waals surface area contributed by atoms with E-state index in [4.69, 9.17) is 10.00 Å². The molecule has 0 fully saturated rings. The highest BCUT2D eigenvalue weighted by Crippen LogP contribution is 2.28. The van der Waals surface area contributed by atoms with Crippen LogP contribution in [0.5, 0.6) is 5.75 Å². The molecule has 2 aromatic rings. The van der Waals surface area contributed by atoms with Crippen molar-refractivity contribution in [3.8, 4) is 22.9 Å². The Hall–Kier alpha value is -3.06. The summed E-state index contributed by atoms with van der Waals surface area (Å²) in [5.74, 6) is -0.441. The fraction of sp³-hybridized carbons (Fsp3) is 0.0588. The topological polar surface area (TPSA) is 70.3 Å². The predicted molar refractivity (Wildman–Crippen MR) is 79.2 cm³/mol. The summed E-state index contributed by atoms with van der Waals surface area (Å²) in [7, 11) is 0. The molecular weight excluding hydrogens is 266 g/mol. The Kier molecular flexibility index (Phi) is 4.37. The standard InChI is InChI=1S/C17H13NO3/c1-2-9-21-14-7-8-15(17(19)20)16(10-14)13-5-3-12(11-18)4-6-13/h2-8,10H,1,9H2,(H,19,20). The SMILES string of the molecule is C=CCOc1ccc(C(=O)O)c(-c2ccc(C#N)cc2)c1. The zero-order valence-corrected chi connectivity index (χ0v) is 11.2. The van der Waals surface area contributed by atoms with E-state index in [1.54, 1.807) is 42.5 Å². The number of carboxylic acids is 1. The van der Waals surface area contributed by atoms with Crippen molar-refractivity contribution in [3.63, 3.8) is 0 Å². The number of hydrogen-bond donors (Lipinski definition) is 1. The average molecular weight is 279 g/mol. The Morgan fingerprint density at radius 1 is 1.29 bits per heavy atom. The Morgan fingerprint density at radius 2 is 2.00 bits per heavy atom. The molecule has 0 saturated heterocycles. The molecule has 104 valence electrons. The number of hydrogen-bond acceptors (Lipinski definition) is 3. The number of nitriles is 1. The monoisotopic (exact) mass is 279 g/mol. The van der Waals surface area contributed by atoms with Gasteiger partial charge in [0.1, 0.15) is 12.4 Å². The van der Waals surface area contributed by atoms with Gasteiger partial charge < -0.3 is 9.84 Å². The van der Waals surface area contributed by atoms with Gasteiger partial charge in [0, 0.05) is 0 Å². The highest BCUT2D eigenvalue weighted by atomic mass is 16.5. The minimum absolute atomic E-state index is 0.186. The van der Waals surface area contributed by atoms with Crippen LogP contribution >= 0.6 is 0 Å². The van der Waals surface area contributed by atoms with E-state index in [9.17, 15) is 9.90 Å². The number of aromatic carboxylic acids is 1. The number of carbonyl (C=O) groups is 1. The normalized spacial score (nSPS) is 9.67. The zero-order valence-electron chi connectivity index (χ0n) is 11.2. The largest absolute Gasteiger partial charge is 0.490 e. The van der Waals surface area contributed by atoms with Crippen molar-refractivity contribution in [1.29, 1.82) is 5.26 Å². The Morgan fingerprint density at radius 3 is 2.57 bits per heavy atom. The predicted octanol–water partition coefficient (Wildman–Crippen LogP) is 3.49. The third-order valence-corrected chi connectivity index (χ3v) is 2.91. The number of ether oxygens (including phenoxy) is 1. The molecule has 2 aromatic carbocycles. The van der Waals surface area contributed by atoms with Crippen molar-refractivity contribution < 1.29 is 14.6 Å². The lowest BCUT2D eigenvalue weighted by molar-refractivity contribution is 0.0697. The van der Waals surface area contributed by atoms with E-state index in [0.29, 0.717) is 23.5 Å². The highest BCUT2D eigenvalue weighted by Gasteiger charge is 2.13. The van der Waals surface area contributed by atoms with Gasteiger partial charge in [-0.15, -0.1) is 0 Å². The van der Waals surface area contributed by atoms with Gasteiger partial charge in [-0.25, -0.2) is 4.79 Å². The van der Waals surface area contributed by atoms with Crippen LogP contribution in [0.4, 0.5) is 0 Å². The van der Waals surface area contributed by atoms with Crippen LogP contribution in [0.1, 0.15) is 15.9 Å². The summed E-state index contributed by atoms with van der Waals surface area (Å²) in [4.78, 5) is 11.3.